The van der Waals surface area contributed by atoms with Crippen LogP contribution >= 0.6 is 11.6 Å². The molecular weight excluding hydrogens is 328 g/mol. The summed E-state index contributed by atoms with van der Waals surface area (Å²) < 4.78 is 11.1. The Balaban J connectivity index is 1.91. The third-order valence-corrected chi connectivity index (χ3v) is 3.95. The zero-order valence-electron chi connectivity index (χ0n) is 13.4. The number of carbonyl (C=O) groups is 1. The number of halogens is 1. The van der Waals surface area contributed by atoms with Crippen LogP contribution in [0.5, 0.6) is 5.75 Å². The summed E-state index contributed by atoms with van der Waals surface area (Å²) in [6.45, 7) is 1.79. The molecule has 0 saturated carbocycles. The van der Waals surface area contributed by atoms with Crippen LogP contribution in [0, 0.1) is 0 Å². The van der Waals surface area contributed by atoms with Gasteiger partial charge in [0.2, 0.25) is 18.0 Å². The Kier molecular flexibility index (Phi) is 4.71. The van der Waals surface area contributed by atoms with Gasteiger partial charge in [0, 0.05) is 22.6 Å². The van der Waals surface area contributed by atoms with E-state index in [0.29, 0.717) is 17.3 Å². The number of hydrogen-bond donors (Lipinski definition) is 0. The normalized spacial score (nSPS) is 16.5. The fourth-order valence-corrected chi connectivity index (χ4v) is 2.50. The van der Waals surface area contributed by atoms with E-state index in [0.717, 1.165) is 16.9 Å². The summed E-state index contributed by atoms with van der Waals surface area (Å²) >= 11 is 5.92. The van der Waals surface area contributed by atoms with E-state index >= 15 is 0 Å². The van der Waals surface area contributed by atoms with Crippen molar-refractivity contribution in [1.29, 1.82) is 0 Å². The smallest absolute Gasteiger partial charge is 0.246 e. The fourth-order valence-electron chi connectivity index (χ4n) is 2.37. The standard InChI is InChI=1S/C18H17ClN2O3/c1-3-16(22)21-18(13-6-10-15(23-2)11-7-13)24-17(20-21)12-4-8-14(19)9-5-12/h4-11,18H,3H2,1-2H3. The van der Waals surface area contributed by atoms with E-state index in [2.05, 4.69) is 5.10 Å². The first-order valence-corrected chi connectivity index (χ1v) is 7.97. The maximum Gasteiger partial charge on any atom is 0.246 e. The zero-order valence-corrected chi connectivity index (χ0v) is 14.2. The molecule has 0 aromatic heterocycles. The average Bonchev–Trinajstić information content (AvgIpc) is 3.07. The lowest BCUT2D eigenvalue weighted by Gasteiger charge is -2.20. The number of ether oxygens (including phenoxy) is 2. The van der Waals surface area contributed by atoms with E-state index < -0.39 is 6.23 Å². The molecule has 1 unspecified atom stereocenters. The van der Waals surface area contributed by atoms with E-state index in [4.69, 9.17) is 21.1 Å². The quantitative estimate of drug-likeness (QED) is 0.843. The maximum absolute atomic E-state index is 12.2. The van der Waals surface area contributed by atoms with Gasteiger partial charge < -0.3 is 9.47 Å². The van der Waals surface area contributed by atoms with Gasteiger partial charge >= 0.3 is 0 Å². The number of hydrazone groups is 1. The van der Waals surface area contributed by atoms with Gasteiger partial charge in [-0.1, -0.05) is 18.5 Å². The summed E-state index contributed by atoms with van der Waals surface area (Å²) in [5, 5.41) is 6.37. The lowest BCUT2D eigenvalue weighted by Crippen LogP contribution is -2.26. The molecule has 1 atom stereocenters. The van der Waals surface area contributed by atoms with Gasteiger partial charge in [-0.15, -0.1) is 5.10 Å². The van der Waals surface area contributed by atoms with Gasteiger partial charge in [-0.3, -0.25) is 4.79 Å². The topological polar surface area (TPSA) is 51.1 Å². The Morgan fingerprint density at radius 3 is 2.46 bits per heavy atom. The van der Waals surface area contributed by atoms with Crippen molar-refractivity contribution in [1.82, 2.24) is 5.01 Å². The summed E-state index contributed by atoms with van der Waals surface area (Å²) in [4.78, 5) is 12.2. The number of hydrogen-bond acceptors (Lipinski definition) is 4. The third-order valence-electron chi connectivity index (χ3n) is 3.69. The zero-order chi connectivity index (χ0) is 17.1. The Morgan fingerprint density at radius 2 is 1.88 bits per heavy atom. The highest BCUT2D eigenvalue weighted by atomic mass is 35.5. The van der Waals surface area contributed by atoms with Crippen molar-refractivity contribution in [2.24, 2.45) is 5.10 Å². The van der Waals surface area contributed by atoms with Gasteiger partial charge in [-0.05, 0) is 48.5 Å². The molecule has 0 aliphatic carbocycles. The molecule has 0 spiro atoms. The Hall–Kier alpha value is -2.53. The first-order valence-electron chi connectivity index (χ1n) is 7.59. The van der Waals surface area contributed by atoms with E-state index in [1.54, 1.807) is 26.2 Å². The highest BCUT2D eigenvalue weighted by molar-refractivity contribution is 6.30. The number of methoxy groups -OCH3 is 1. The fraction of sp³-hybridized carbons (Fsp3) is 0.222. The SMILES string of the molecule is CCC(=O)N1N=C(c2ccc(Cl)cc2)OC1c1ccc(OC)cc1. The molecule has 2 aromatic carbocycles. The van der Waals surface area contributed by atoms with Crippen molar-refractivity contribution < 1.29 is 14.3 Å². The van der Waals surface area contributed by atoms with Crippen LogP contribution in [0.2, 0.25) is 5.02 Å². The highest BCUT2D eigenvalue weighted by Crippen LogP contribution is 2.31. The monoisotopic (exact) mass is 344 g/mol. The molecule has 0 fully saturated rings. The number of amides is 1. The number of nitrogens with zero attached hydrogens (tertiary/aromatic N) is 2. The minimum Gasteiger partial charge on any atom is -0.497 e. The Labute approximate surface area is 145 Å². The molecule has 1 aliphatic heterocycles. The predicted octanol–water partition coefficient (Wildman–Crippen LogP) is 3.98. The minimum absolute atomic E-state index is 0.111. The van der Waals surface area contributed by atoms with Crippen LogP contribution in [0.1, 0.15) is 30.7 Å². The van der Waals surface area contributed by atoms with Crippen LogP contribution in [-0.2, 0) is 9.53 Å². The Morgan fingerprint density at radius 1 is 1.21 bits per heavy atom. The molecule has 1 heterocycles. The highest BCUT2D eigenvalue weighted by Gasteiger charge is 2.33. The number of carbonyl (C=O) groups excluding carboxylic acids is 1. The number of rotatable bonds is 4. The first-order chi connectivity index (χ1) is 11.6. The predicted molar refractivity (Wildman–Crippen MR) is 91.9 cm³/mol. The van der Waals surface area contributed by atoms with Crippen molar-refractivity contribution in [3.05, 3.63) is 64.7 Å². The van der Waals surface area contributed by atoms with Crippen molar-refractivity contribution >= 4 is 23.4 Å². The van der Waals surface area contributed by atoms with Crippen molar-refractivity contribution in [2.75, 3.05) is 7.11 Å². The molecule has 5 nitrogen and oxygen atoms in total. The molecule has 6 heteroatoms. The molecule has 3 rings (SSSR count). The van der Waals surface area contributed by atoms with Crippen LogP contribution < -0.4 is 4.74 Å². The molecule has 1 aliphatic rings. The molecule has 1 amide bonds. The summed E-state index contributed by atoms with van der Waals surface area (Å²) in [6, 6.07) is 14.5. The van der Waals surface area contributed by atoms with Crippen LogP contribution in [0.25, 0.3) is 0 Å². The summed E-state index contributed by atoms with van der Waals surface area (Å²) in [6.07, 6.45) is -0.248. The molecule has 124 valence electrons. The molecule has 0 radical (unpaired) electrons. The lowest BCUT2D eigenvalue weighted by molar-refractivity contribution is -0.137. The van der Waals surface area contributed by atoms with Crippen molar-refractivity contribution in [3.8, 4) is 5.75 Å². The van der Waals surface area contributed by atoms with Crippen LogP contribution in [0.15, 0.2) is 53.6 Å². The number of benzene rings is 2. The second-order valence-corrected chi connectivity index (χ2v) is 5.68. The molecule has 0 bridgehead atoms. The van der Waals surface area contributed by atoms with Gasteiger partial charge in [0.15, 0.2) is 0 Å². The largest absolute Gasteiger partial charge is 0.497 e. The second-order valence-electron chi connectivity index (χ2n) is 5.25. The maximum atomic E-state index is 12.2. The van der Waals surface area contributed by atoms with Gasteiger partial charge in [-0.2, -0.15) is 5.01 Å². The van der Waals surface area contributed by atoms with Crippen LogP contribution in [-0.4, -0.2) is 23.9 Å². The van der Waals surface area contributed by atoms with E-state index in [-0.39, 0.29) is 5.91 Å². The lowest BCUT2D eigenvalue weighted by atomic mass is 10.2. The molecule has 2 aromatic rings. The van der Waals surface area contributed by atoms with Gasteiger partial charge in [0.25, 0.3) is 0 Å². The van der Waals surface area contributed by atoms with Gasteiger partial charge in [-0.25, -0.2) is 0 Å². The van der Waals surface area contributed by atoms with Crippen LogP contribution in [0.3, 0.4) is 0 Å². The molecular formula is C18H17ClN2O3. The van der Waals surface area contributed by atoms with Crippen molar-refractivity contribution in [3.63, 3.8) is 0 Å². The summed E-state index contributed by atoms with van der Waals surface area (Å²) in [7, 11) is 1.61. The molecule has 0 saturated heterocycles. The van der Waals surface area contributed by atoms with Gasteiger partial charge in [0.1, 0.15) is 5.75 Å². The third kappa shape index (κ3) is 3.21. The van der Waals surface area contributed by atoms with E-state index in [9.17, 15) is 4.79 Å². The minimum atomic E-state index is -0.589. The van der Waals surface area contributed by atoms with E-state index in [1.807, 2.05) is 36.4 Å². The average molecular weight is 345 g/mol. The Bertz CT molecular complexity index is 757. The second kappa shape index (κ2) is 6.93. The summed E-state index contributed by atoms with van der Waals surface area (Å²) in [5.41, 5.74) is 1.59. The molecule has 0 N–H and O–H groups in total. The first kappa shape index (κ1) is 16.3. The van der Waals surface area contributed by atoms with Crippen LogP contribution in [0.4, 0.5) is 0 Å². The van der Waals surface area contributed by atoms with Gasteiger partial charge in [0.05, 0.1) is 7.11 Å². The van der Waals surface area contributed by atoms with Crippen molar-refractivity contribution in [2.45, 2.75) is 19.6 Å². The van der Waals surface area contributed by atoms with E-state index in [1.165, 1.54) is 5.01 Å². The molecule has 24 heavy (non-hydrogen) atoms. The summed E-state index contributed by atoms with van der Waals surface area (Å²) in [5.74, 6) is 1.03.